The normalized spacial score (nSPS) is 16.4. The lowest BCUT2D eigenvalue weighted by atomic mass is 10.1. The number of aliphatic hydroxyl groups excluding tert-OH is 1. The number of hydrogen-bond acceptors (Lipinski definition) is 2. The summed E-state index contributed by atoms with van der Waals surface area (Å²) in [6.07, 6.45) is 2.52. The molecule has 3 rings (SSSR count). The number of aromatic nitrogens is 1. The maximum absolute atomic E-state index is 12.3. The molecule has 0 saturated heterocycles. The van der Waals surface area contributed by atoms with Gasteiger partial charge in [0.25, 0.3) is 5.91 Å². The van der Waals surface area contributed by atoms with Crippen molar-refractivity contribution in [1.82, 2.24) is 10.3 Å². The van der Waals surface area contributed by atoms with Crippen LogP contribution in [0.4, 0.5) is 0 Å². The van der Waals surface area contributed by atoms with E-state index in [1.807, 2.05) is 25.1 Å². The zero-order valence-corrected chi connectivity index (χ0v) is 12.9. The molecule has 1 amide bonds. The lowest BCUT2D eigenvalue weighted by Crippen LogP contribution is -2.37. The lowest BCUT2D eigenvalue weighted by Gasteiger charge is -2.15. The number of carbonyl (C=O) groups excluding carboxylic acids is 1. The van der Waals surface area contributed by atoms with E-state index in [2.05, 4.69) is 26.2 Å². The summed E-state index contributed by atoms with van der Waals surface area (Å²) in [6, 6.07) is 5.86. The lowest BCUT2D eigenvalue weighted by molar-refractivity contribution is 0.0919. The van der Waals surface area contributed by atoms with Crippen LogP contribution in [0.15, 0.2) is 22.7 Å². The minimum Gasteiger partial charge on any atom is -0.396 e. The van der Waals surface area contributed by atoms with Gasteiger partial charge in [-0.2, -0.15) is 0 Å². The van der Waals surface area contributed by atoms with E-state index < -0.39 is 0 Å². The molecular weight excluding hydrogens is 320 g/mol. The predicted octanol–water partition coefficient (Wildman–Crippen LogP) is 2.88. The molecule has 5 heteroatoms. The van der Waals surface area contributed by atoms with E-state index >= 15 is 0 Å². The van der Waals surface area contributed by atoms with E-state index in [1.54, 1.807) is 0 Å². The Morgan fingerprint density at radius 1 is 1.50 bits per heavy atom. The van der Waals surface area contributed by atoms with E-state index in [-0.39, 0.29) is 18.1 Å². The van der Waals surface area contributed by atoms with Gasteiger partial charge < -0.3 is 15.4 Å². The number of carbonyl (C=O) groups is 1. The van der Waals surface area contributed by atoms with Crippen molar-refractivity contribution >= 4 is 32.7 Å². The molecule has 106 valence electrons. The third-order valence-corrected chi connectivity index (χ3v) is 5.05. The van der Waals surface area contributed by atoms with E-state index in [4.69, 9.17) is 5.11 Å². The SMILES string of the molecule is Cc1ccc2[nH]c(C(=O)NC3(CCO)CC3)cc2c1Br. The summed E-state index contributed by atoms with van der Waals surface area (Å²) in [5, 5.41) is 13.1. The van der Waals surface area contributed by atoms with Gasteiger partial charge in [0.15, 0.2) is 0 Å². The first-order valence-electron chi connectivity index (χ1n) is 6.76. The van der Waals surface area contributed by atoms with Crippen LogP contribution in [0, 0.1) is 6.92 Å². The molecule has 1 heterocycles. The second-order valence-electron chi connectivity index (χ2n) is 5.55. The highest BCUT2D eigenvalue weighted by atomic mass is 79.9. The molecule has 0 unspecified atom stereocenters. The average molecular weight is 337 g/mol. The molecule has 0 bridgehead atoms. The molecule has 1 fully saturated rings. The molecule has 1 saturated carbocycles. The number of aliphatic hydroxyl groups is 1. The van der Waals surface area contributed by atoms with Crippen LogP contribution < -0.4 is 5.32 Å². The maximum Gasteiger partial charge on any atom is 0.268 e. The highest BCUT2D eigenvalue weighted by Crippen LogP contribution is 2.38. The number of amides is 1. The van der Waals surface area contributed by atoms with Gasteiger partial charge in [0.2, 0.25) is 0 Å². The Bertz CT molecular complexity index is 674. The molecule has 0 spiro atoms. The van der Waals surface area contributed by atoms with Crippen molar-refractivity contribution in [3.63, 3.8) is 0 Å². The zero-order valence-electron chi connectivity index (χ0n) is 11.3. The standard InChI is InChI=1S/C15H17BrN2O2/c1-9-2-3-11-10(13(9)16)8-12(17-11)14(20)18-15(4-5-15)6-7-19/h2-3,8,17,19H,4-7H2,1H3,(H,18,20). The van der Waals surface area contributed by atoms with Crippen molar-refractivity contribution in [3.05, 3.63) is 33.9 Å². The Morgan fingerprint density at radius 2 is 2.25 bits per heavy atom. The number of halogens is 1. The zero-order chi connectivity index (χ0) is 14.3. The molecule has 0 atom stereocenters. The van der Waals surface area contributed by atoms with E-state index in [9.17, 15) is 4.79 Å². The minimum absolute atomic E-state index is 0.100. The molecule has 0 radical (unpaired) electrons. The number of hydrogen-bond donors (Lipinski definition) is 3. The van der Waals surface area contributed by atoms with Gasteiger partial charge in [0, 0.05) is 27.5 Å². The first kappa shape index (κ1) is 13.6. The quantitative estimate of drug-likeness (QED) is 0.803. The average Bonchev–Trinajstić information content (AvgIpc) is 3.02. The third kappa shape index (κ3) is 2.36. The van der Waals surface area contributed by atoms with Crippen LogP contribution in [0.1, 0.15) is 35.3 Å². The number of rotatable bonds is 4. The molecule has 20 heavy (non-hydrogen) atoms. The summed E-state index contributed by atoms with van der Waals surface area (Å²) in [5.74, 6) is -0.100. The molecule has 1 aliphatic carbocycles. The van der Waals surface area contributed by atoms with Crippen LogP contribution >= 0.6 is 15.9 Å². The number of nitrogens with one attached hydrogen (secondary N) is 2. The smallest absolute Gasteiger partial charge is 0.268 e. The van der Waals surface area contributed by atoms with Crippen LogP contribution in [-0.2, 0) is 0 Å². The Balaban J connectivity index is 1.87. The molecular formula is C15H17BrN2O2. The van der Waals surface area contributed by atoms with Crippen LogP contribution in [0.2, 0.25) is 0 Å². The molecule has 1 aromatic carbocycles. The van der Waals surface area contributed by atoms with E-state index in [1.165, 1.54) is 0 Å². The second kappa shape index (κ2) is 4.90. The number of aryl methyl sites for hydroxylation is 1. The van der Waals surface area contributed by atoms with Gasteiger partial charge in [0.05, 0.1) is 0 Å². The van der Waals surface area contributed by atoms with E-state index in [0.717, 1.165) is 33.8 Å². The molecule has 2 aromatic rings. The summed E-state index contributed by atoms with van der Waals surface area (Å²) >= 11 is 3.56. The van der Waals surface area contributed by atoms with Gasteiger partial charge in [-0.1, -0.05) is 6.07 Å². The Hall–Kier alpha value is -1.33. The Labute approximate surface area is 125 Å². The van der Waals surface area contributed by atoms with Gasteiger partial charge in [-0.05, 0) is 59.8 Å². The number of fused-ring (bicyclic) bond motifs is 1. The van der Waals surface area contributed by atoms with Crippen LogP contribution in [0.5, 0.6) is 0 Å². The monoisotopic (exact) mass is 336 g/mol. The summed E-state index contributed by atoms with van der Waals surface area (Å²) < 4.78 is 1.02. The Morgan fingerprint density at radius 3 is 2.90 bits per heavy atom. The third-order valence-electron chi connectivity index (χ3n) is 4.00. The van der Waals surface area contributed by atoms with Crippen LogP contribution in [0.25, 0.3) is 10.9 Å². The Kier molecular flexibility index (Phi) is 3.34. The molecule has 1 aromatic heterocycles. The van der Waals surface area contributed by atoms with Crippen molar-refractivity contribution in [2.75, 3.05) is 6.61 Å². The van der Waals surface area contributed by atoms with E-state index in [0.29, 0.717) is 12.1 Å². The number of H-pyrrole nitrogens is 1. The van der Waals surface area contributed by atoms with Gasteiger partial charge in [-0.25, -0.2) is 0 Å². The van der Waals surface area contributed by atoms with Crippen molar-refractivity contribution in [1.29, 1.82) is 0 Å². The second-order valence-corrected chi connectivity index (χ2v) is 6.34. The summed E-state index contributed by atoms with van der Waals surface area (Å²) in [7, 11) is 0. The highest BCUT2D eigenvalue weighted by molar-refractivity contribution is 9.10. The summed E-state index contributed by atoms with van der Waals surface area (Å²) in [6.45, 7) is 2.13. The number of aromatic amines is 1. The minimum atomic E-state index is -0.184. The van der Waals surface area contributed by atoms with Crippen molar-refractivity contribution in [2.24, 2.45) is 0 Å². The first-order valence-corrected chi connectivity index (χ1v) is 7.55. The topological polar surface area (TPSA) is 65.1 Å². The van der Waals surface area contributed by atoms with Gasteiger partial charge >= 0.3 is 0 Å². The van der Waals surface area contributed by atoms with Crippen molar-refractivity contribution in [2.45, 2.75) is 31.7 Å². The molecule has 0 aliphatic heterocycles. The van der Waals surface area contributed by atoms with Crippen molar-refractivity contribution in [3.8, 4) is 0 Å². The van der Waals surface area contributed by atoms with Gasteiger partial charge in [-0.15, -0.1) is 0 Å². The van der Waals surface area contributed by atoms with Crippen LogP contribution in [-0.4, -0.2) is 28.1 Å². The summed E-state index contributed by atoms with van der Waals surface area (Å²) in [5.41, 5.74) is 2.47. The molecule has 4 nitrogen and oxygen atoms in total. The fourth-order valence-corrected chi connectivity index (χ4v) is 2.97. The van der Waals surface area contributed by atoms with Crippen LogP contribution in [0.3, 0.4) is 0 Å². The molecule has 1 aliphatic rings. The number of benzene rings is 1. The first-order chi connectivity index (χ1) is 9.54. The highest BCUT2D eigenvalue weighted by Gasteiger charge is 2.43. The largest absolute Gasteiger partial charge is 0.396 e. The fraction of sp³-hybridized carbons (Fsp3) is 0.400. The maximum atomic E-state index is 12.3. The van der Waals surface area contributed by atoms with Gasteiger partial charge in [-0.3, -0.25) is 4.79 Å². The fourth-order valence-electron chi connectivity index (χ4n) is 2.51. The predicted molar refractivity (Wildman–Crippen MR) is 81.9 cm³/mol. The summed E-state index contributed by atoms with van der Waals surface area (Å²) in [4.78, 5) is 15.5. The van der Waals surface area contributed by atoms with Gasteiger partial charge in [0.1, 0.15) is 5.69 Å². The van der Waals surface area contributed by atoms with Crippen molar-refractivity contribution < 1.29 is 9.90 Å². The molecule has 3 N–H and O–H groups in total.